The Morgan fingerprint density at radius 2 is 1.95 bits per heavy atom. The van der Waals surface area contributed by atoms with Gasteiger partial charge in [-0.1, -0.05) is 0 Å². The summed E-state index contributed by atoms with van der Waals surface area (Å²) in [5.74, 6) is 0.0842. The quantitative estimate of drug-likeness (QED) is 0.891. The van der Waals surface area contributed by atoms with Crippen molar-refractivity contribution < 1.29 is 17.6 Å². The van der Waals surface area contributed by atoms with E-state index >= 15 is 0 Å². The van der Waals surface area contributed by atoms with Crippen LogP contribution in [0.2, 0.25) is 0 Å². The summed E-state index contributed by atoms with van der Waals surface area (Å²) in [6.07, 6.45) is 0. The van der Waals surface area contributed by atoms with E-state index in [1.807, 2.05) is 0 Å². The second kappa shape index (κ2) is 5.30. The van der Waals surface area contributed by atoms with Crippen molar-refractivity contribution in [3.05, 3.63) is 41.1 Å². The second-order valence-electron chi connectivity index (χ2n) is 4.62. The van der Waals surface area contributed by atoms with E-state index in [4.69, 9.17) is 9.56 Å². The zero-order valence-electron chi connectivity index (χ0n) is 11.8. The molecule has 1 amide bonds. The van der Waals surface area contributed by atoms with Crippen LogP contribution in [0.5, 0.6) is 0 Å². The fraction of sp³-hybridized carbons (Fsp3) is 0.231. The first-order valence-corrected chi connectivity index (χ1v) is 7.62. The van der Waals surface area contributed by atoms with E-state index in [-0.39, 0.29) is 10.7 Å². The molecular weight excluding hydrogens is 294 g/mol. The Hall–Kier alpha value is -2.19. The Bertz CT molecular complexity index is 809. The Labute approximate surface area is 122 Å². The molecule has 7 nitrogen and oxygen atoms in total. The van der Waals surface area contributed by atoms with Crippen LogP contribution in [-0.4, -0.2) is 19.3 Å². The first-order valence-electron chi connectivity index (χ1n) is 6.07. The van der Waals surface area contributed by atoms with Crippen LogP contribution in [0.3, 0.4) is 0 Å². The molecule has 0 aliphatic carbocycles. The molecule has 0 aliphatic heterocycles. The van der Waals surface area contributed by atoms with Crippen molar-refractivity contribution in [1.29, 1.82) is 0 Å². The third-order valence-electron chi connectivity index (χ3n) is 2.88. The number of rotatable bonds is 3. The van der Waals surface area contributed by atoms with Crippen LogP contribution >= 0.6 is 0 Å². The summed E-state index contributed by atoms with van der Waals surface area (Å²) in [5.41, 5.74) is 1.54. The van der Waals surface area contributed by atoms with Crippen LogP contribution < -0.4 is 10.5 Å². The van der Waals surface area contributed by atoms with E-state index in [1.165, 1.54) is 18.2 Å². The first-order chi connectivity index (χ1) is 9.68. The molecule has 0 spiro atoms. The molecule has 112 valence electrons. The minimum atomic E-state index is -3.77. The monoisotopic (exact) mass is 309 g/mol. The Kier molecular flexibility index (Phi) is 3.84. The summed E-state index contributed by atoms with van der Waals surface area (Å²) in [6, 6.07) is 4.20. The number of nitrogens with two attached hydrogens (primary N) is 1. The number of benzene rings is 1. The zero-order valence-corrected chi connectivity index (χ0v) is 12.6. The lowest BCUT2D eigenvalue weighted by Gasteiger charge is -2.08. The van der Waals surface area contributed by atoms with Crippen molar-refractivity contribution >= 4 is 21.6 Å². The molecule has 1 heterocycles. The lowest BCUT2D eigenvalue weighted by molar-refractivity contribution is 0.0994. The molecule has 0 radical (unpaired) electrons. The van der Waals surface area contributed by atoms with Gasteiger partial charge in [-0.3, -0.25) is 4.79 Å². The van der Waals surface area contributed by atoms with Gasteiger partial charge in [0, 0.05) is 12.6 Å². The fourth-order valence-corrected chi connectivity index (χ4v) is 2.47. The summed E-state index contributed by atoms with van der Waals surface area (Å²) in [4.78, 5) is 16.1. The maximum Gasteiger partial charge on any atom is 0.293 e. The highest BCUT2D eigenvalue weighted by atomic mass is 32.2. The van der Waals surface area contributed by atoms with Crippen molar-refractivity contribution in [1.82, 2.24) is 4.98 Å². The number of anilines is 1. The number of carbonyl (C=O) groups is 1. The van der Waals surface area contributed by atoms with Gasteiger partial charge >= 0.3 is 0 Å². The normalized spacial score (nSPS) is 11.4. The first kappa shape index (κ1) is 15.2. The third kappa shape index (κ3) is 3.29. The number of primary sulfonamides is 1. The largest absolute Gasteiger partial charge is 0.436 e. The van der Waals surface area contributed by atoms with Gasteiger partial charge < -0.3 is 9.73 Å². The van der Waals surface area contributed by atoms with E-state index < -0.39 is 15.9 Å². The molecule has 1 aromatic carbocycles. The Morgan fingerprint density at radius 3 is 2.43 bits per heavy atom. The molecule has 2 rings (SSSR count). The van der Waals surface area contributed by atoms with Gasteiger partial charge in [-0.15, -0.1) is 0 Å². The lowest BCUT2D eigenvalue weighted by Crippen LogP contribution is -2.15. The predicted molar refractivity (Wildman–Crippen MR) is 76.5 cm³/mol. The zero-order chi connectivity index (χ0) is 15.8. The number of carbonyl (C=O) groups excluding carboxylic acids is 1. The van der Waals surface area contributed by atoms with E-state index in [1.54, 1.807) is 20.8 Å². The van der Waals surface area contributed by atoms with Crippen molar-refractivity contribution in [2.45, 2.75) is 25.7 Å². The SMILES string of the molecule is Cc1nc(C)c(C(=O)Nc2ccc(S(N)(=O)=O)cc2C)o1. The van der Waals surface area contributed by atoms with Gasteiger partial charge in [0.25, 0.3) is 5.91 Å². The van der Waals surface area contributed by atoms with Crippen LogP contribution in [0.1, 0.15) is 27.7 Å². The summed E-state index contributed by atoms with van der Waals surface area (Å²) in [6.45, 7) is 4.99. The molecule has 2 aromatic rings. The molecule has 21 heavy (non-hydrogen) atoms. The smallest absolute Gasteiger partial charge is 0.293 e. The van der Waals surface area contributed by atoms with Gasteiger partial charge in [0.15, 0.2) is 5.89 Å². The molecular formula is C13H15N3O4S. The van der Waals surface area contributed by atoms with Crippen molar-refractivity contribution in [2.24, 2.45) is 5.14 Å². The van der Waals surface area contributed by atoms with Gasteiger partial charge in [0.05, 0.1) is 10.6 Å². The van der Waals surface area contributed by atoms with E-state index in [9.17, 15) is 13.2 Å². The minimum Gasteiger partial charge on any atom is -0.436 e. The van der Waals surface area contributed by atoms with E-state index in [0.29, 0.717) is 22.8 Å². The molecule has 3 N–H and O–H groups in total. The number of nitrogens with zero attached hydrogens (tertiary/aromatic N) is 1. The number of nitrogens with one attached hydrogen (secondary N) is 1. The van der Waals surface area contributed by atoms with Gasteiger partial charge in [-0.05, 0) is 37.6 Å². The van der Waals surface area contributed by atoms with Crippen LogP contribution in [0, 0.1) is 20.8 Å². The summed E-state index contributed by atoms with van der Waals surface area (Å²) in [5, 5.41) is 7.70. The van der Waals surface area contributed by atoms with Gasteiger partial charge in [0.1, 0.15) is 0 Å². The molecule has 0 aliphatic rings. The molecule has 1 aromatic heterocycles. The Balaban J connectivity index is 2.28. The van der Waals surface area contributed by atoms with Crippen LogP contribution in [0.4, 0.5) is 5.69 Å². The highest BCUT2D eigenvalue weighted by Crippen LogP contribution is 2.20. The minimum absolute atomic E-state index is 0.00955. The number of sulfonamides is 1. The Morgan fingerprint density at radius 1 is 1.29 bits per heavy atom. The number of hydrogen-bond donors (Lipinski definition) is 2. The second-order valence-corrected chi connectivity index (χ2v) is 6.18. The van der Waals surface area contributed by atoms with E-state index in [2.05, 4.69) is 10.3 Å². The molecule has 0 fully saturated rings. The molecule has 0 bridgehead atoms. The van der Waals surface area contributed by atoms with Gasteiger partial charge in [-0.25, -0.2) is 18.5 Å². The molecule has 8 heteroatoms. The van der Waals surface area contributed by atoms with E-state index in [0.717, 1.165) is 0 Å². The maximum absolute atomic E-state index is 12.1. The van der Waals surface area contributed by atoms with Gasteiger partial charge in [-0.2, -0.15) is 0 Å². The van der Waals surface area contributed by atoms with Crippen molar-refractivity contribution in [3.63, 3.8) is 0 Å². The summed E-state index contributed by atoms with van der Waals surface area (Å²) >= 11 is 0. The number of hydrogen-bond acceptors (Lipinski definition) is 5. The highest BCUT2D eigenvalue weighted by molar-refractivity contribution is 7.89. The summed E-state index contributed by atoms with van der Waals surface area (Å²) in [7, 11) is -3.77. The topological polar surface area (TPSA) is 115 Å². The lowest BCUT2D eigenvalue weighted by atomic mass is 10.2. The maximum atomic E-state index is 12.1. The van der Waals surface area contributed by atoms with Crippen LogP contribution in [0.25, 0.3) is 0 Å². The number of oxazole rings is 1. The predicted octanol–water partition coefficient (Wildman–Crippen LogP) is 1.50. The number of aromatic nitrogens is 1. The summed E-state index contributed by atoms with van der Waals surface area (Å²) < 4.78 is 27.7. The standard InChI is InChI=1S/C13H15N3O4S/c1-7-6-10(21(14,18)19)4-5-11(7)16-13(17)12-8(2)15-9(3)20-12/h4-6H,1-3H3,(H,16,17)(H2,14,18,19). The van der Waals surface area contributed by atoms with Crippen LogP contribution in [-0.2, 0) is 10.0 Å². The van der Waals surface area contributed by atoms with Crippen molar-refractivity contribution in [3.8, 4) is 0 Å². The highest BCUT2D eigenvalue weighted by Gasteiger charge is 2.17. The third-order valence-corrected chi connectivity index (χ3v) is 3.80. The van der Waals surface area contributed by atoms with Crippen molar-refractivity contribution in [2.75, 3.05) is 5.32 Å². The molecule has 0 saturated carbocycles. The molecule has 0 saturated heterocycles. The van der Waals surface area contributed by atoms with Gasteiger partial charge in [0.2, 0.25) is 15.8 Å². The fourth-order valence-electron chi connectivity index (χ4n) is 1.87. The number of aryl methyl sites for hydroxylation is 3. The molecule has 0 atom stereocenters. The number of amides is 1. The average molecular weight is 309 g/mol. The average Bonchev–Trinajstić information content (AvgIpc) is 2.69. The van der Waals surface area contributed by atoms with Crippen LogP contribution in [0.15, 0.2) is 27.5 Å². The molecule has 0 unspecified atom stereocenters.